The third-order valence-corrected chi connectivity index (χ3v) is 1.58. The highest BCUT2D eigenvalue weighted by Gasteiger charge is 2.18. The molecule has 0 bridgehead atoms. The van der Waals surface area contributed by atoms with E-state index in [0.717, 1.165) is 0 Å². The number of carbonyl (C=O) groups excluding carboxylic acids is 1. The van der Waals surface area contributed by atoms with Crippen molar-refractivity contribution in [2.24, 2.45) is 0 Å². The summed E-state index contributed by atoms with van der Waals surface area (Å²) in [5, 5.41) is 2.64. The van der Waals surface area contributed by atoms with Crippen molar-refractivity contribution in [2.45, 2.75) is 19.4 Å². The van der Waals surface area contributed by atoms with Crippen molar-refractivity contribution >= 4 is 5.91 Å². The van der Waals surface area contributed by atoms with Crippen molar-refractivity contribution < 1.29 is 4.79 Å². The van der Waals surface area contributed by atoms with Crippen molar-refractivity contribution in [3.8, 4) is 12.3 Å². The van der Waals surface area contributed by atoms with E-state index in [4.69, 9.17) is 6.42 Å². The van der Waals surface area contributed by atoms with Crippen molar-refractivity contribution in [1.82, 2.24) is 15.3 Å². The number of amides is 1. The standard InChI is InChI=1S/C10H11N3O/c1-4-10(2,3)13-9(14)8-7-11-5-6-12-8/h1,5-7H,2-3H3,(H,13,14). The second-order valence-corrected chi connectivity index (χ2v) is 3.31. The van der Waals surface area contributed by atoms with E-state index < -0.39 is 5.54 Å². The second-order valence-electron chi connectivity index (χ2n) is 3.31. The molecule has 1 rings (SSSR count). The van der Waals surface area contributed by atoms with E-state index in [0.29, 0.717) is 0 Å². The maximum absolute atomic E-state index is 11.5. The van der Waals surface area contributed by atoms with Crippen LogP contribution in [0.25, 0.3) is 0 Å². The first-order valence-electron chi connectivity index (χ1n) is 4.11. The average molecular weight is 189 g/mol. The van der Waals surface area contributed by atoms with Crippen molar-refractivity contribution in [3.63, 3.8) is 0 Å². The predicted octanol–water partition coefficient (Wildman–Crippen LogP) is 0.618. The van der Waals surface area contributed by atoms with Gasteiger partial charge in [0.15, 0.2) is 0 Å². The first-order valence-corrected chi connectivity index (χ1v) is 4.11. The van der Waals surface area contributed by atoms with Crippen molar-refractivity contribution in [1.29, 1.82) is 0 Å². The summed E-state index contributed by atoms with van der Waals surface area (Å²) in [7, 11) is 0. The molecule has 0 atom stereocenters. The van der Waals surface area contributed by atoms with Gasteiger partial charge in [-0.05, 0) is 13.8 Å². The minimum atomic E-state index is -0.672. The number of hydrogen-bond acceptors (Lipinski definition) is 3. The van der Waals surface area contributed by atoms with Crippen molar-refractivity contribution in [3.05, 3.63) is 24.3 Å². The quantitative estimate of drug-likeness (QED) is 0.694. The van der Waals surface area contributed by atoms with Crippen LogP contribution in [0.15, 0.2) is 18.6 Å². The topological polar surface area (TPSA) is 54.9 Å². The number of nitrogens with zero attached hydrogens (tertiary/aromatic N) is 2. The van der Waals surface area contributed by atoms with Gasteiger partial charge in [-0.1, -0.05) is 5.92 Å². The fourth-order valence-electron chi connectivity index (χ4n) is 0.800. The number of carbonyl (C=O) groups is 1. The van der Waals surface area contributed by atoms with Gasteiger partial charge in [-0.25, -0.2) is 4.98 Å². The molecule has 0 fully saturated rings. The van der Waals surface area contributed by atoms with Crippen LogP contribution in [0.5, 0.6) is 0 Å². The largest absolute Gasteiger partial charge is 0.335 e. The number of rotatable bonds is 2. The zero-order chi connectivity index (χ0) is 10.6. The highest BCUT2D eigenvalue weighted by molar-refractivity contribution is 5.92. The van der Waals surface area contributed by atoms with Gasteiger partial charge in [-0.15, -0.1) is 6.42 Å². The molecule has 0 saturated heterocycles. The third-order valence-electron chi connectivity index (χ3n) is 1.58. The van der Waals surface area contributed by atoms with Crippen LogP contribution in [0, 0.1) is 12.3 Å². The molecule has 0 saturated carbocycles. The molecule has 0 aliphatic heterocycles. The van der Waals surface area contributed by atoms with Crippen LogP contribution in [-0.4, -0.2) is 21.4 Å². The molecule has 0 radical (unpaired) electrons. The summed E-state index contributed by atoms with van der Waals surface area (Å²) in [6, 6.07) is 0. The molecule has 1 amide bonds. The van der Waals surface area contributed by atoms with E-state index in [2.05, 4.69) is 21.2 Å². The van der Waals surface area contributed by atoms with Crippen LogP contribution in [0.1, 0.15) is 24.3 Å². The molecule has 72 valence electrons. The number of aromatic nitrogens is 2. The summed E-state index contributed by atoms with van der Waals surface area (Å²) in [6.07, 6.45) is 9.58. The minimum absolute atomic E-state index is 0.260. The molecular formula is C10H11N3O. The molecule has 1 aromatic heterocycles. The van der Waals surface area contributed by atoms with E-state index in [1.807, 2.05) is 0 Å². The Labute approximate surface area is 82.8 Å². The minimum Gasteiger partial charge on any atom is -0.335 e. The van der Waals surface area contributed by atoms with Crippen LogP contribution in [0.2, 0.25) is 0 Å². The van der Waals surface area contributed by atoms with Crippen LogP contribution in [-0.2, 0) is 0 Å². The average Bonchev–Trinajstić information content (AvgIpc) is 2.19. The Hall–Kier alpha value is -1.89. The monoisotopic (exact) mass is 189 g/mol. The van der Waals surface area contributed by atoms with E-state index in [-0.39, 0.29) is 11.6 Å². The van der Waals surface area contributed by atoms with Crippen LogP contribution < -0.4 is 5.32 Å². The highest BCUT2D eigenvalue weighted by atomic mass is 16.2. The Morgan fingerprint density at radius 3 is 2.79 bits per heavy atom. The first kappa shape index (κ1) is 10.2. The third kappa shape index (κ3) is 2.56. The fraction of sp³-hybridized carbons (Fsp3) is 0.300. The van der Waals surface area contributed by atoms with Gasteiger partial charge in [0.05, 0.1) is 11.7 Å². The Bertz CT molecular complexity index is 365. The number of hydrogen-bond donors (Lipinski definition) is 1. The summed E-state index contributed by atoms with van der Waals surface area (Å²) >= 11 is 0. The van der Waals surface area contributed by atoms with Gasteiger partial charge in [0, 0.05) is 12.4 Å². The lowest BCUT2D eigenvalue weighted by atomic mass is 10.1. The zero-order valence-corrected chi connectivity index (χ0v) is 8.11. The SMILES string of the molecule is C#CC(C)(C)NC(=O)c1cnccn1. The summed E-state index contributed by atoms with van der Waals surface area (Å²) in [4.78, 5) is 19.2. The molecule has 4 nitrogen and oxygen atoms in total. The molecule has 0 aromatic carbocycles. The first-order chi connectivity index (χ1) is 6.55. The zero-order valence-electron chi connectivity index (χ0n) is 8.11. The van der Waals surface area contributed by atoms with E-state index >= 15 is 0 Å². The van der Waals surface area contributed by atoms with Gasteiger partial charge in [0.2, 0.25) is 0 Å². The number of nitrogens with one attached hydrogen (secondary N) is 1. The molecule has 0 aliphatic carbocycles. The lowest BCUT2D eigenvalue weighted by Gasteiger charge is -2.18. The van der Waals surface area contributed by atoms with Gasteiger partial charge in [-0.2, -0.15) is 0 Å². The maximum atomic E-state index is 11.5. The van der Waals surface area contributed by atoms with E-state index in [9.17, 15) is 4.79 Å². The molecule has 0 aliphatic rings. The van der Waals surface area contributed by atoms with Gasteiger partial charge in [0.1, 0.15) is 5.69 Å². The second kappa shape index (κ2) is 3.88. The molecule has 0 spiro atoms. The Morgan fingerprint density at radius 1 is 1.57 bits per heavy atom. The van der Waals surface area contributed by atoms with E-state index in [1.54, 1.807) is 13.8 Å². The molecule has 1 aromatic rings. The summed E-state index contributed by atoms with van der Waals surface area (Å²) in [5.74, 6) is 2.14. The summed E-state index contributed by atoms with van der Waals surface area (Å²) in [5.41, 5.74) is -0.412. The molecule has 1 heterocycles. The normalized spacial score (nSPS) is 10.4. The smallest absolute Gasteiger partial charge is 0.272 e. The Morgan fingerprint density at radius 2 is 2.29 bits per heavy atom. The molecule has 0 unspecified atom stereocenters. The maximum Gasteiger partial charge on any atom is 0.272 e. The van der Waals surface area contributed by atoms with E-state index in [1.165, 1.54) is 18.6 Å². The Balaban J connectivity index is 2.75. The lowest BCUT2D eigenvalue weighted by Crippen LogP contribution is -2.42. The molecule has 4 heteroatoms. The molecule has 14 heavy (non-hydrogen) atoms. The van der Waals surface area contributed by atoms with Crippen LogP contribution >= 0.6 is 0 Å². The lowest BCUT2D eigenvalue weighted by molar-refractivity contribution is 0.0924. The van der Waals surface area contributed by atoms with Crippen LogP contribution in [0.4, 0.5) is 0 Å². The molecule has 1 N–H and O–H groups in total. The predicted molar refractivity (Wildman–Crippen MR) is 52.4 cm³/mol. The fourth-order valence-corrected chi connectivity index (χ4v) is 0.800. The number of terminal acetylenes is 1. The van der Waals surface area contributed by atoms with Gasteiger partial charge < -0.3 is 5.32 Å². The Kier molecular flexibility index (Phi) is 2.82. The van der Waals surface area contributed by atoms with Gasteiger partial charge in [0.25, 0.3) is 5.91 Å². The van der Waals surface area contributed by atoms with Crippen molar-refractivity contribution in [2.75, 3.05) is 0 Å². The summed E-state index contributed by atoms with van der Waals surface area (Å²) < 4.78 is 0. The van der Waals surface area contributed by atoms with Gasteiger partial charge >= 0.3 is 0 Å². The van der Waals surface area contributed by atoms with Gasteiger partial charge in [-0.3, -0.25) is 9.78 Å². The highest BCUT2D eigenvalue weighted by Crippen LogP contribution is 2.01. The van der Waals surface area contributed by atoms with Crippen LogP contribution in [0.3, 0.4) is 0 Å². The molecular weight excluding hydrogens is 178 g/mol. The summed E-state index contributed by atoms with van der Waals surface area (Å²) in [6.45, 7) is 3.47.